The minimum absolute atomic E-state index is 0.0573. The Kier molecular flexibility index (Phi) is 23.4. The molecule has 0 aromatic rings. The Morgan fingerprint density at radius 1 is 0.672 bits per heavy atom. The third-order valence-electron chi connectivity index (χ3n) is 19.6. The lowest BCUT2D eigenvalue weighted by atomic mass is 9.54. The topological polar surface area (TPSA) is 40.2 Å². The summed E-state index contributed by atoms with van der Waals surface area (Å²) in [6.45, 7) is 24.7. The molecule has 10 atom stereocenters. The SMILES string of the molecule is CCCCC/C=C\C/C=C\CCCCCCCCOCC(CN1CC[C@]2(C)CCCC[C@]2(C)C1)OCCOCCO[C@@]1(C)CCC2C(=CCC3C2CCC2C3CC[C@]2(C)CCCCC(C)C)C1. The summed E-state index contributed by atoms with van der Waals surface area (Å²) in [5, 5.41) is 0. The first-order chi connectivity index (χ1) is 32.5. The van der Waals surface area contributed by atoms with Crippen molar-refractivity contribution in [3.05, 3.63) is 36.0 Å². The Morgan fingerprint density at radius 2 is 1.42 bits per heavy atom. The van der Waals surface area contributed by atoms with Gasteiger partial charge in [-0.1, -0.05) is 148 Å². The predicted molar refractivity (Wildman–Crippen MR) is 285 cm³/mol. The molecule has 1 aliphatic heterocycles. The highest BCUT2D eigenvalue weighted by atomic mass is 16.6. The molecule has 0 bridgehead atoms. The van der Waals surface area contributed by atoms with Gasteiger partial charge in [-0.2, -0.15) is 0 Å². The second-order valence-electron chi connectivity index (χ2n) is 25.2. The van der Waals surface area contributed by atoms with E-state index in [1.165, 1.54) is 180 Å². The number of hydrogen-bond donors (Lipinski definition) is 0. The second-order valence-corrected chi connectivity index (χ2v) is 25.2. The van der Waals surface area contributed by atoms with Gasteiger partial charge in [0.15, 0.2) is 0 Å². The molecule has 6 rings (SSSR count). The van der Waals surface area contributed by atoms with Crippen LogP contribution in [0.2, 0.25) is 0 Å². The largest absolute Gasteiger partial charge is 0.379 e. The van der Waals surface area contributed by atoms with Crippen LogP contribution in [0.5, 0.6) is 0 Å². The van der Waals surface area contributed by atoms with E-state index in [4.69, 9.17) is 18.9 Å². The van der Waals surface area contributed by atoms with Crippen LogP contribution in [0.3, 0.4) is 0 Å². The Balaban J connectivity index is 0.852. The van der Waals surface area contributed by atoms with Crippen molar-refractivity contribution in [2.24, 2.45) is 51.8 Å². The zero-order valence-electron chi connectivity index (χ0n) is 45.4. The van der Waals surface area contributed by atoms with Crippen molar-refractivity contribution in [3.63, 3.8) is 0 Å². The van der Waals surface area contributed by atoms with Gasteiger partial charge in [0.05, 0.1) is 44.7 Å². The average Bonchev–Trinajstić information content (AvgIpc) is 3.65. The minimum atomic E-state index is -0.0573. The number of unbranched alkanes of at least 4 members (excludes halogenated alkanes) is 10. The molecule has 0 aromatic heterocycles. The van der Waals surface area contributed by atoms with E-state index in [0.717, 1.165) is 67.9 Å². The molecular formula is C62H109NO4. The maximum Gasteiger partial charge on any atom is 0.0936 e. The summed E-state index contributed by atoms with van der Waals surface area (Å²) in [4.78, 5) is 2.71. The summed E-state index contributed by atoms with van der Waals surface area (Å²) in [5.74, 6) is 5.48. The third kappa shape index (κ3) is 16.8. The van der Waals surface area contributed by atoms with Gasteiger partial charge in [0.1, 0.15) is 0 Å². The lowest BCUT2D eigenvalue weighted by Crippen LogP contribution is -2.56. The van der Waals surface area contributed by atoms with Crippen LogP contribution in [0.4, 0.5) is 0 Å². The number of allylic oxidation sites excluding steroid dienone is 5. The molecule has 0 spiro atoms. The molecule has 0 amide bonds. The van der Waals surface area contributed by atoms with Gasteiger partial charge in [-0.25, -0.2) is 0 Å². The first kappa shape index (κ1) is 55.3. The summed E-state index contributed by atoms with van der Waals surface area (Å²) < 4.78 is 25.9. The molecule has 5 heteroatoms. The zero-order chi connectivity index (χ0) is 47.4. The molecule has 6 aliphatic rings. The standard InChI is InChI=1S/C62H109NO4/c1-8-9-10-11-12-13-14-15-16-17-18-19-20-21-22-27-42-65-49-53(48-63-41-40-60(5)36-25-26-37-61(60,6)50-63)66-45-43-64-44-46-67-62(7)39-34-54-52(47-62)29-30-56-55(54)31-32-58-57(56)33-38-59(58,4)35-24-23-28-51(2)3/h12-13,15-16,29,51,53-58H,8-11,14,17-28,30-50H2,1-7H3/b13-12-,16-15-/t53?,54?,55?,56?,57?,58?,59-,60-,61+,62-/m0/s1. The Bertz CT molecular complexity index is 1470. The fraction of sp³-hybridized carbons (Fsp3) is 0.903. The van der Waals surface area contributed by atoms with Crippen molar-refractivity contribution < 1.29 is 18.9 Å². The van der Waals surface area contributed by atoms with Crippen LogP contribution in [-0.4, -0.2) is 75.9 Å². The van der Waals surface area contributed by atoms with Gasteiger partial charge >= 0.3 is 0 Å². The molecule has 386 valence electrons. The normalized spacial score (nSPS) is 33.8. The van der Waals surface area contributed by atoms with E-state index in [2.05, 4.69) is 83.7 Å². The van der Waals surface area contributed by atoms with Crippen molar-refractivity contribution in [3.8, 4) is 0 Å². The Hall–Kier alpha value is -0.980. The van der Waals surface area contributed by atoms with Crippen LogP contribution >= 0.6 is 0 Å². The molecule has 4 saturated carbocycles. The summed E-state index contributed by atoms with van der Waals surface area (Å²) in [7, 11) is 0. The van der Waals surface area contributed by atoms with Crippen LogP contribution in [-0.2, 0) is 18.9 Å². The van der Waals surface area contributed by atoms with Crippen LogP contribution < -0.4 is 0 Å². The molecule has 1 saturated heterocycles. The molecule has 0 radical (unpaired) electrons. The number of nitrogens with zero attached hydrogens (tertiary/aromatic N) is 1. The van der Waals surface area contributed by atoms with Crippen molar-refractivity contribution in [2.75, 3.05) is 59.3 Å². The quantitative estimate of drug-likeness (QED) is 0.0497. The maximum atomic E-state index is 6.71. The van der Waals surface area contributed by atoms with Gasteiger partial charge in [0.25, 0.3) is 0 Å². The predicted octanol–water partition coefficient (Wildman–Crippen LogP) is 16.7. The van der Waals surface area contributed by atoms with E-state index in [9.17, 15) is 0 Å². The summed E-state index contributed by atoms with van der Waals surface area (Å²) in [6, 6.07) is 0. The molecule has 0 N–H and O–H groups in total. The van der Waals surface area contributed by atoms with Crippen LogP contribution in [0.25, 0.3) is 0 Å². The van der Waals surface area contributed by atoms with Crippen molar-refractivity contribution in [1.29, 1.82) is 0 Å². The van der Waals surface area contributed by atoms with Gasteiger partial charge in [0.2, 0.25) is 0 Å². The Morgan fingerprint density at radius 3 is 2.21 bits per heavy atom. The zero-order valence-corrected chi connectivity index (χ0v) is 45.4. The highest BCUT2D eigenvalue weighted by molar-refractivity contribution is 5.21. The van der Waals surface area contributed by atoms with Gasteiger partial charge in [0, 0.05) is 19.7 Å². The van der Waals surface area contributed by atoms with Crippen LogP contribution in [0, 0.1) is 51.8 Å². The van der Waals surface area contributed by atoms with E-state index in [0.29, 0.717) is 49.3 Å². The lowest BCUT2D eigenvalue weighted by Gasteiger charge is -2.56. The minimum Gasteiger partial charge on any atom is -0.379 e. The second kappa shape index (κ2) is 28.3. The summed E-state index contributed by atoms with van der Waals surface area (Å²) in [5.41, 5.74) is 3.19. The summed E-state index contributed by atoms with van der Waals surface area (Å²) >= 11 is 0. The Labute approximate surface area is 415 Å². The monoisotopic (exact) mass is 932 g/mol. The first-order valence-corrected chi connectivity index (χ1v) is 29.6. The van der Waals surface area contributed by atoms with Crippen molar-refractivity contribution in [1.82, 2.24) is 4.90 Å². The van der Waals surface area contributed by atoms with Gasteiger partial charge in [-0.05, 0) is 181 Å². The fourth-order valence-corrected chi connectivity index (χ4v) is 15.1. The third-order valence-corrected chi connectivity index (χ3v) is 19.6. The van der Waals surface area contributed by atoms with Gasteiger partial charge < -0.3 is 23.8 Å². The number of fused-ring (bicyclic) bond motifs is 6. The maximum absolute atomic E-state index is 6.71. The number of rotatable bonds is 32. The molecule has 1 heterocycles. The molecular weight excluding hydrogens is 823 g/mol. The van der Waals surface area contributed by atoms with Gasteiger partial charge in [-0.15, -0.1) is 0 Å². The number of piperidine rings is 1. The number of ether oxygens (including phenoxy) is 4. The van der Waals surface area contributed by atoms with E-state index in [1.54, 1.807) is 5.57 Å². The molecule has 67 heavy (non-hydrogen) atoms. The molecule has 5 aliphatic carbocycles. The first-order valence-electron chi connectivity index (χ1n) is 29.6. The van der Waals surface area contributed by atoms with Crippen molar-refractivity contribution in [2.45, 2.75) is 246 Å². The van der Waals surface area contributed by atoms with E-state index in [-0.39, 0.29) is 11.7 Å². The van der Waals surface area contributed by atoms with Crippen molar-refractivity contribution >= 4 is 0 Å². The smallest absolute Gasteiger partial charge is 0.0936 e. The van der Waals surface area contributed by atoms with E-state index >= 15 is 0 Å². The van der Waals surface area contributed by atoms with Gasteiger partial charge in [-0.3, -0.25) is 0 Å². The van der Waals surface area contributed by atoms with E-state index < -0.39 is 0 Å². The number of likely N-dealkylation sites (tertiary alicyclic amines) is 1. The fourth-order valence-electron chi connectivity index (χ4n) is 15.1. The van der Waals surface area contributed by atoms with E-state index in [1.807, 2.05) is 0 Å². The van der Waals surface area contributed by atoms with Crippen LogP contribution in [0.15, 0.2) is 36.0 Å². The average molecular weight is 933 g/mol. The molecule has 5 fully saturated rings. The lowest BCUT2D eigenvalue weighted by molar-refractivity contribution is -0.100. The summed E-state index contributed by atoms with van der Waals surface area (Å²) in [6.07, 6.45) is 51.0. The highest BCUT2D eigenvalue weighted by Gasteiger charge is 2.54. The highest BCUT2D eigenvalue weighted by Crippen LogP contribution is 2.63. The van der Waals surface area contributed by atoms with Crippen LogP contribution in [0.1, 0.15) is 235 Å². The molecule has 6 unspecified atom stereocenters. The molecule has 5 nitrogen and oxygen atoms in total. The molecule has 0 aromatic carbocycles. The number of hydrogen-bond acceptors (Lipinski definition) is 5.